The molecule has 0 atom stereocenters. The average Bonchev–Trinajstić information content (AvgIpc) is 3.06. The van der Waals surface area contributed by atoms with Gasteiger partial charge in [-0.15, -0.1) is 11.3 Å². The minimum absolute atomic E-state index is 0.557. The molecule has 1 aromatic carbocycles. The zero-order chi connectivity index (χ0) is 18.6. The number of nitrogens with zero attached hydrogens (tertiary/aromatic N) is 2. The van der Waals surface area contributed by atoms with Gasteiger partial charge in [0.25, 0.3) is 0 Å². The highest BCUT2D eigenvalue weighted by molar-refractivity contribution is 7.11. The van der Waals surface area contributed by atoms with Crippen LogP contribution in [0.25, 0.3) is 0 Å². The number of methoxy groups -OCH3 is 1. The van der Waals surface area contributed by atoms with Crippen molar-refractivity contribution >= 4 is 17.3 Å². The first-order valence-corrected chi connectivity index (χ1v) is 9.67. The molecule has 142 valence electrons. The minimum Gasteiger partial charge on any atom is -0.491 e. The van der Waals surface area contributed by atoms with Gasteiger partial charge in [0.2, 0.25) is 0 Å². The number of aryl methyl sites for hydroxylation is 1. The van der Waals surface area contributed by atoms with Crippen LogP contribution >= 0.6 is 11.3 Å². The Morgan fingerprint density at radius 2 is 2.00 bits per heavy atom. The van der Waals surface area contributed by atoms with Crippen LogP contribution in [0.1, 0.15) is 22.4 Å². The molecule has 0 saturated heterocycles. The number of guanidine groups is 1. The lowest BCUT2D eigenvalue weighted by atomic mass is 10.2. The third-order valence-electron chi connectivity index (χ3n) is 3.54. The molecule has 0 unspecified atom stereocenters. The standard InChI is InChI=1S/C19H28N4O2S/c1-4-20-19(21-10-9-18-22-13-15(2)26-18)23-14-16-5-7-17(8-6-16)25-12-11-24-3/h5-8,13H,4,9-12,14H2,1-3H3,(H2,20,21,23). The van der Waals surface area contributed by atoms with E-state index < -0.39 is 0 Å². The smallest absolute Gasteiger partial charge is 0.191 e. The van der Waals surface area contributed by atoms with Crippen LogP contribution in [0.3, 0.4) is 0 Å². The van der Waals surface area contributed by atoms with Gasteiger partial charge in [-0.05, 0) is 31.5 Å². The zero-order valence-electron chi connectivity index (χ0n) is 15.7. The molecule has 2 aromatic rings. The highest BCUT2D eigenvalue weighted by Gasteiger charge is 2.01. The van der Waals surface area contributed by atoms with E-state index in [9.17, 15) is 0 Å². The fraction of sp³-hybridized carbons (Fsp3) is 0.474. The number of ether oxygens (including phenoxy) is 2. The molecule has 1 aromatic heterocycles. The largest absolute Gasteiger partial charge is 0.491 e. The van der Waals surface area contributed by atoms with Crippen molar-refractivity contribution in [2.45, 2.75) is 26.8 Å². The van der Waals surface area contributed by atoms with Crippen LogP contribution < -0.4 is 15.4 Å². The fourth-order valence-electron chi connectivity index (χ4n) is 2.25. The predicted octanol–water partition coefficient (Wildman–Crippen LogP) is 2.77. The second-order valence-electron chi connectivity index (χ2n) is 5.72. The van der Waals surface area contributed by atoms with E-state index in [2.05, 4.69) is 34.5 Å². The van der Waals surface area contributed by atoms with E-state index in [1.807, 2.05) is 30.5 Å². The van der Waals surface area contributed by atoms with Crippen molar-refractivity contribution in [3.05, 3.63) is 45.9 Å². The first-order chi connectivity index (χ1) is 12.7. The maximum absolute atomic E-state index is 5.57. The maximum Gasteiger partial charge on any atom is 0.191 e. The molecule has 0 aliphatic heterocycles. The van der Waals surface area contributed by atoms with E-state index in [-0.39, 0.29) is 0 Å². The van der Waals surface area contributed by atoms with Crippen molar-refractivity contribution in [2.24, 2.45) is 4.99 Å². The molecule has 0 aliphatic carbocycles. The Kier molecular flexibility index (Phi) is 8.92. The third-order valence-corrected chi connectivity index (χ3v) is 4.52. The second kappa shape index (κ2) is 11.5. The lowest BCUT2D eigenvalue weighted by molar-refractivity contribution is 0.146. The molecule has 0 fully saturated rings. The molecule has 0 saturated carbocycles. The van der Waals surface area contributed by atoms with Crippen molar-refractivity contribution in [3.8, 4) is 5.75 Å². The van der Waals surface area contributed by atoms with Crippen LogP contribution in [-0.2, 0) is 17.7 Å². The minimum atomic E-state index is 0.557. The Morgan fingerprint density at radius 1 is 1.19 bits per heavy atom. The lowest BCUT2D eigenvalue weighted by Crippen LogP contribution is -2.38. The van der Waals surface area contributed by atoms with Gasteiger partial charge in [0.15, 0.2) is 5.96 Å². The molecular formula is C19H28N4O2S. The summed E-state index contributed by atoms with van der Waals surface area (Å²) in [7, 11) is 1.67. The summed E-state index contributed by atoms with van der Waals surface area (Å²) in [6.07, 6.45) is 2.82. The van der Waals surface area contributed by atoms with E-state index in [4.69, 9.17) is 9.47 Å². The summed E-state index contributed by atoms with van der Waals surface area (Å²) in [4.78, 5) is 10.3. The molecule has 26 heavy (non-hydrogen) atoms. The molecule has 0 amide bonds. The number of thiazole rings is 1. The van der Waals surface area contributed by atoms with Crippen molar-refractivity contribution in [1.82, 2.24) is 15.6 Å². The zero-order valence-corrected chi connectivity index (χ0v) is 16.6. The number of hydrogen-bond acceptors (Lipinski definition) is 5. The van der Waals surface area contributed by atoms with Gasteiger partial charge < -0.3 is 20.1 Å². The lowest BCUT2D eigenvalue weighted by Gasteiger charge is -2.11. The third kappa shape index (κ3) is 7.41. The number of nitrogens with one attached hydrogen (secondary N) is 2. The van der Waals surface area contributed by atoms with Gasteiger partial charge in [-0.2, -0.15) is 0 Å². The monoisotopic (exact) mass is 376 g/mol. The molecule has 0 radical (unpaired) electrons. The molecule has 1 heterocycles. The highest BCUT2D eigenvalue weighted by atomic mass is 32.1. The second-order valence-corrected chi connectivity index (χ2v) is 7.04. The molecule has 2 rings (SSSR count). The topological polar surface area (TPSA) is 67.8 Å². The Morgan fingerprint density at radius 3 is 2.65 bits per heavy atom. The van der Waals surface area contributed by atoms with Gasteiger partial charge in [0.05, 0.1) is 18.2 Å². The molecule has 0 bridgehead atoms. The van der Waals surface area contributed by atoms with E-state index in [0.717, 1.165) is 41.8 Å². The van der Waals surface area contributed by atoms with Gasteiger partial charge in [-0.25, -0.2) is 9.98 Å². The molecule has 2 N–H and O–H groups in total. The summed E-state index contributed by atoms with van der Waals surface area (Å²) >= 11 is 1.74. The predicted molar refractivity (Wildman–Crippen MR) is 107 cm³/mol. The number of rotatable bonds is 10. The van der Waals surface area contributed by atoms with Gasteiger partial charge in [0, 0.05) is 37.7 Å². The number of aliphatic imine (C=N–C) groups is 1. The van der Waals surface area contributed by atoms with Crippen LogP contribution in [-0.4, -0.2) is 44.4 Å². The Labute approximate surface area is 159 Å². The van der Waals surface area contributed by atoms with Gasteiger partial charge in [-0.3, -0.25) is 0 Å². The first-order valence-electron chi connectivity index (χ1n) is 8.85. The van der Waals surface area contributed by atoms with Crippen molar-refractivity contribution in [3.63, 3.8) is 0 Å². The molecule has 0 aliphatic rings. The van der Waals surface area contributed by atoms with Crippen molar-refractivity contribution < 1.29 is 9.47 Å². The van der Waals surface area contributed by atoms with E-state index in [1.54, 1.807) is 18.4 Å². The summed E-state index contributed by atoms with van der Waals surface area (Å²) in [5.74, 6) is 1.67. The Balaban J connectivity index is 1.81. The van der Waals surface area contributed by atoms with Crippen LogP contribution in [0.5, 0.6) is 5.75 Å². The summed E-state index contributed by atoms with van der Waals surface area (Å²) in [5, 5.41) is 7.78. The number of benzene rings is 1. The first kappa shape index (κ1) is 20.2. The quantitative estimate of drug-likeness (QED) is 0.379. The molecule has 6 nitrogen and oxygen atoms in total. The van der Waals surface area contributed by atoms with E-state index >= 15 is 0 Å². The van der Waals surface area contributed by atoms with Crippen LogP contribution in [0.2, 0.25) is 0 Å². The van der Waals surface area contributed by atoms with Crippen molar-refractivity contribution in [2.75, 3.05) is 33.4 Å². The SMILES string of the molecule is CCNC(=NCc1ccc(OCCOC)cc1)NCCc1ncc(C)s1. The molecular weight excluding hydrogens is 348 g/mol. The maximum atomic E-state index is 5.57. The normalized spacial score (nSPS) is 11.4. The number of hydrogen-bond donors (Lipinski definition) is 2. The Bertz CT molecular complexity index is 670. The van der Waals surface area contributed by atoms with Gasteiger partial charge in [-0.1, -0.05) is 12.1 Å². The number of aromatic nitrogens is 1. The van der Waals surface area contributed by atoms with Gasteiger partial charge >= 0.3 is 0 Å². The molecule has 7 heteroatoms. The molecule has 0 spiro atoms. The van der Waals surface area contributed by atoms with Crippen LogP contribution in [0.4, 0.5) is 0 Å². The summed E-state index contributed by atoms with van der Waals surface area (Å²) < 4.78 is 10.5. The highest BCUT2D eigenvalue weighted by Crippen LogP contribution is 2.13. The van der Waals surface area contributed by atoms with Crippen LogP contribution in [0, 0.1) is 6.92 Å². The fourth-order valence-corrected chi connectivity index (χ4v) is 3.04. The summed E-state index contributed by atoms with van der Waals surface area (Å²) in [5.41, 5.74) is 1.14. The Hall–Kier alpha value is -2.12. The summed E-state index contributed by atoms with van der Waals surface area (Å²) in [6.45, 7) is 7.54. The van der Waals surface area contributed by atoms with Crippen LogP contribution in [0.15, 0.2) is 35.5 Å². The van der Waals surface area contributed by atoms with E-state index in [1.165, 1.54) is 4.88 Å². The van der Waals surface area contributed by atoms with Crippen molar-refractivity contribution in [1.29, 1.82) is 0 Å². The van der Waals surface area contributed by atoms with Gasteiger partial charge in [0.1, 0.15) is 12.4 Å². The average molecular weight is 377 g/mol. The van der Waals surface area contributed by atoms with E-state index in [0.29, 0.717) is 19.8 Å². The summed E-state index contributed by atoms with van der Waals surface area (Å²) in [6, 6.07) is 8.00.